The van der Waals surface area contributed by atoms with Crippen LogP contribution in [0.25, 0.3) is 0 Å². The summed E-state index contributed by atoms with van der Waals surface area (Å²) in [5.74, 6) is -0.275. The van der Waals surface area contributed by atoms with Crippen LogP contribution in [-0.2, 0) is 15.6 Å². The standard InChI is InChI=1S/C29H40N2O5/c1-27(2,3)22-17-19(18-23(24(22)32)28(4,5)6)25(33)31-15-13-30(14-16-31)20-9-11-21(12-10-20)36-29(7,8)26(34)35/h9-12,17-18,32H,13-16H2,1-8H3,(H,34,35). The van der Waals surface area contributed by atoms with Crippen molar-refractivity contribution in [3.05, 3.63) is 53.1 Å². The molecule has 2 N–H and O–H groups in total. The molecule has 0 bridgehead atoms. The lowest BCUT2D eigenvalue weighted by atomic mass is 9.78. The number of ether oxygens (including phenoxy) is 1. The summed E-state index contributed by atoms with van der Waals surface area (Å²) >= 11 is 0. The van der Waals surface area contributed by atoms with E-state index >= 15 is 0 Å². The molecule has 0 radical (unpaired) electrons. The van der Waals surface area contributed by atoms with Crippen LogP contribution in [0.2, 0.25) is 0 Å². The number of carboxylic acid groups (broad SMARTS) is 1. The highest BCUT2D eigenvalue weighted by atomic mass is 16.5. The first-order valence-corrected chi connectivity index (χ1v) is 12.5. The summed E-state index contributed by atoms with van der Waals surface area (Å²) in [7, 11) is 0. The van der Waals surface area contributed by atoms with Crippen molar-refractivity contribution < 1.29 is 24.5 Å². The van der Waals surface area contributed by atoms with Crippen LogP contribution in [0.5, 0.6) is 11.5 Å². The van der Waals surface area contributed by atoms with E-state index in [0.29, 0.717) is 37.5 Å². The van der Waals surface area contributed by atoms with Crippen LogP contribution < -0.4 is 9.64 Å². The highest BCUT2D eigenvalue weighted by Crippen LogP contribution is 2.40. The van der Waals surface area contributed by atoms with Crippen molar-refractivity contribution in [2.45, 2.75) is 71.8 Å². The van der Waals surface area contributed by atoms with E-state index in [1.165, 1.54) is 13.8 Å². The second kappa shape index (κ2) is 9.68. The van der Waals surface area contributed by atoms with Gasteiger partial charge in [0.15, 0.2) is 5.60 Å². The third-order valence-electron chi connectivity index (χ3n) is 6.63. The van der Waals surface area contributed by atoms with Gasteiger partial charge in [-0.1, -0.05) is 41.5 Å². The third-order valence-corrected chi connectivity index (χ3v) is 6.63. The molecule has 0 aromatic heterocycles. The van der Waals surface area contributed by atoms with Crippen molar-refractivity contribution in [2.24, 2.45) is 0 Å². The number of benzene rings is 2. The second-order valence-corrected chi connectivity index (χ2v) is 12.1. The Kier molecular flexibility index (Phi) is 7.36. The molecule has 2 aromatic rings. The Morgan fingerprint density at radius 3 is 1.69 bits per heavy atom. The Balaban J connectivity index is 1.74. The third kappa shape index (κ3) is 5.94. The van der Waals surface area contributed by atoms with E-state index in [1.54, 1.807) is 12.1 Å². The first kappa shape index (κ1) is 27.4. The molecular formula is C29H40N2O5. The van der Waals surface area contributed by atoms with Crippen molar-refractivity contribution >= 4 is 17.6 Å². The average Bonchev–Trinajstić information content (AvgIpc) is 2.77. The summed E-state index contributed by atoms with van der Waals surface area (Å²) in [5.41, 5.74) is 1.27. The van der Waals surface area contributed by atoms with Gasteiger partial charge in [0.2, 0.25) is 0 Å². The molecule has 2 aromatic carbocycles. The molecule has 0 aliphatic carbocycles. The molecule has 3 rings (SSSR count). The molecule has 36 heavy (non-hydrogen) atoms. The molecule has 196 valence electrons. The number of carboxylic acids is 1. The zero-order chi connectivity index (χ0) is 27.1. The number of carbonyl (C=O) groups excluding carboxylic acids is 1. The van der Waals surface area contributed by atoms with Crippen LogP contribution in [0, 0.1) is 0 Å². The number of hydrogen-bond acceptors (Lipinski definition) is 5. The fourth-order valence-corrected chi connectivity index (χ4v) is 4.31. The van der Waals surface area contributed by atoms with E-state index in [-0.39, 0.29) is 22.5 Å². The fraction of sp³-hybridized carbons (Fsp3) is 0.517. The Morgan fingerprint density at radius 2 is 1.28 bits per heavy atom. The van der Waals surface area contributed by atoms with Gasteiger partial charge in [0.1, 0.15) is 11.5 Å². The van der Waals surface area contributed by atoms with E-state index in [1.807, 2.05) is 70.7 Å². The van der Waals surface area contributed by atoms with Crippen molar-refractivity contribution in [2.75, 3.05) is 31.1 Å². The van der Waals surface area contributed by atoms with E-state index in [2.05, 4.69) is 4.90 Å². The predicted octanol–water partition coefficient (Wildman–Crippen LogP) is 5.19. The second-order valence-electron chi connectivity index (χ2n) is 12.1. The molecule has 1 amide bonds. The first-order chi connectivity index (χ1) is 16.5. The molecule has 1 saturated heterocycles. The van der Waals surface area contributed by atoms with E-state index < -0.39 is 11.6 Å². The number of phenolic OH excluding ortho intramolecular Hbond substituents is 1. The van der Waals surface area contributed by atoms with E-state index in [4.69, 9.17) is 4.74 Å². The molecule has 1 heterocycles. The molecule has 0 spiro atoms. The topological polar surface area (TPSA) is 90.3 Å². The van der Waals surface area contributed by atoms with Gasteiger partial charge in [0.05, 0.1) is 0 Å². The van der Waals surface area contributed by atoms with Crippen LogP contribution in [0.3, 0.4) is 0 Å². The zero-order valence-corrected chi connectivity index (χ0v) is 22.8. The SMILES string of the molecule is CC(C)(Oc1ccc(N2CCN(C(=O)c3cc(C(C)(C)C)c(O)c(C(C)(C)C)c3)CC2)cc1)C(=O)O. The van der Waals surface area contributed by atoms with Crippen molar-refractivity contribution in [1.29, 1.82) is 0 Å². The summed E-state index contributed by atoms with van der Waals surface area (Å²) < 4.78 is 5.59. The number of aliphatic carboxylic acids is 1. The van der Waals surface area contributed by atoms with E-state index in [9.17, 15) is 19.8 Å². The smallest absolute Gasteiger partial charge is 0.347 e. The molecule has 7 heteroatoms. The summed E-state index contributed by atoms with van der Waals surface area (Å²) in [5, 5.41) is 20.2. The van der Waals surface area contributed by atoms with Gasteiger partial charge >= 0.3 is 5.97 Å². The van der Waals surface area contributed by atoms with Crippen LogP contribution in [0.1, 0.15) is 76.9 Å². The van der Waals surface area contributed by atoms with Crippen LogP contribution in [0.4, 0.5) is 5.69 Å². The molecular weight excluding hydrogens is 456 g/mol. The van der Waals surface area contributed by atoms with Crippen molar-refractivity contribution in [3.8, 4) is 11.5 Å². The lowest BCUT2D eigenvalue weighted by Gasteiger charge is -2.36. The molecule has 1 aliphatic heterocycles. The van der Waals surface area contributed by atoms with Gasteiger partial charge in [0, 0.05) is 48.6 Å². The Hall–Kier alpha value is -3.22. The van der Waals surface area contributed by atoms with Gasteiger partial charge in [0.25, 0.3) is 5.91 Å². The maximum Gasteiger partial charge on any atom is 0.347 e. The van der Waals surface area contributed by atoms with Crippen LogP contribution in [0.15, 0.2) is 36.4 Å². The highest BCUT2D eigenvalue weighted by molar-refractivity contribution is 5.95. The average molecular weight is 497 g/mol. The van der Waals surface area contributed by atoms with E-state index in [0.717, 1.165) is 16.8 Å². The van der Waals surface area contributed by atoms with Gasteiger partial charge in [-0.2, -0.15) is 0 Å². The van der Waals surface area contributed by atoms with Crippen LogP contribution in [-0.4, -0.2) is 58.8 Å². The predicted molar refractivity (Wildman–Crippen MR) is 142 cm³/mol. The monoisotopic (exact) mass is 496 g/mol. The van der Waals surface area contributed by atoms with Gasteiger partial charge in [-0.05, 0) is 61.1 Å². The Morgan fingerprint density at radius 1 is 0.806 bits per heavy atom. The minimum Gasteiger partial charge on any atom is -0.507 e. The number of hydrogen-bond donors (Lipinski definition) is 2. The van der Waals surface area contributed by atoms with Crippen molar-refractivity contribution in [1.82, 2.24) is 4.90 Å². The number of piperazine rings is 1. The van der Waals surface area contributed by atoms with Gasteiger partial charge in [-0.25, -0.2) is 4.79 Å². The quantitative estimate of drug-likeness (QED) is 0.592. The molecule has 7 nitrogen and oxygen atoms in total. The molecule has 0 unspecified atom stereocenters. The summed E-state index contributed by atoms with van der Waals surface area (Å²) in [6.07, 6.45) is 0. The number of aromatic hydroxyl groups is 1. The first-order valence-electron chi connectivity index (χ1n) is 12.5. The van der Waals surface area contributed by atoms with Gasteiger partial charge in [-0.15, -0.1) is 0 Å². The minimum absolute atomic E-state index is 0.0229. The highest BCUT2D eigenvalue weighted by Gasteiger charge is 2.31. The maximum absolute atomic E-state index is 13.5. The molecule has 0 saturated carbocycles. The molecule has 1 fully saturated rings. The number of rotatable bonds is 5. The fourth-order valence-electron chi connectivity index (χ4n) is 4.31. The molecule has 1 aliphatic rings. The minimum atomic E-state index is -1.30. The molecule has 0 atom stereocenters. The lowest BCUT2D eigenvalue weighted by molar-refractivity contribution is -0.152. The zero-order valence-electron chi connectivity index (χ0n) is 22.8. The normalized spacial score (nSPS) is 15.1. The number of nitrogens with zero attached hydrogens (tertiary/aromatic N) is 2. The van der Waals surface area contributed by atoms with Gasteiger partial charge in [-0.3, -0.25) is 4.79 Å². The number of anilines is 1. The lowest BCUT2D eigenvalue weighted by Crippen LogP contribution is -2.48. The number of phenols is 1. The summed E-state index contributed by atoms with van der Waals surface area (Å²) in [4.78, 5) is 28.9. The van der Waals surface area contributed by atoms with Crippen molar-refractivity contribution in [3.63, 3.8) is 0 Å². The maximum atomic E-state index is 13.5. The Labute approximate surface area is 214 Å². The largest absolute Gasteiger partial charge is 0.507 e. The number of amides is 1. The summed E-state index contributed by atoms with van der Waals surface area (Å²) in [6, 6.07) is 11.1. The summed E-state index contributed by atoms with van der Waals surface area (Å²) in [6.45, 7) is 17.8. The van der Waals surface area contributed by atoms with Crippen LogP contribution >= 0.6 is 0 Å². The number of carbonyl (C=O) groups is 2. The Bertz CT molecular complexity index is 1080. The van der Waals surface area contributed by atoms with Gasteiger partial charge < -0.3 is 24.7 Å².